The average Bonchev–Trinajstić information content (AvgIpc) is 2.41. The molecule has 0 amide bonds. The van der Waals surface area contributed by atoms with Crippen molar-refractivity contribution in [2.24, 2.45) is 0 Å². The molecule has 1 aromatic rings. The monoisotopic (exact) mass is 290 g/mol. The van der Waals surface area contributed by atoms with Gasteiger partial charge in [-0.15, -0.1) is 0 Å². The molecule has 0 bridgehead atoms. The predicted octanol–water partition coefficient (Wildman–Crippen LogP) is 2.86. The Labute approximate surface area is 123 Å². The summed E-state index contributed by atoms with van der Waals surface area (Å²) < 4.78 is 9.99. The van der Waals surface area contributed by atoms with Crippen LogP contribution < -0.4 is 0 Å². The zero-order valence-electron chi connectivity index (χ0n) is 12.1. The van der Waals surface area contributed by atoms with Crippen molar-refractivity contribution in [3.05, 3.63) is 53.6 Å². The summed E-state index contributed by atoms with van der Waals surface area (Å²) in [6.45, 7) is 10.8. The van der Waals surface area contributed by atoms with E-state index in [2.05, 4.69) is 13.2 Å². The maximum Gasteiger partial charge on any atom is 0.339 e. The van der Waals surface area contributed by atoms with Crippen LogP contribution in [0.4, 0.5) is 0 Å². The summed E-state index contributed by atoms with van der Waals surface area (Å²) in [5.74, 6) is -1.55. The normalized spacial score (nSPS) is 9.81. The van der Waals surface area contributed by atoms with E-state index in [0.29, 0.717) is 11.1 Å². The second kappa shape index (κ2) is 7.28. The fourth-order valence-corrected chi connectivity index (χ4v) is 1.41. The molecule has 0 heterocycles. The third kappa shape index (κ3) is 5.14. The number of carbonyl (C=O) groups is 2. The van der Waals surface area contributed by atoms with Gasteiger partial charge in [0.25, 0.3) is 0 Å². The van der Waals surface area contributed by atoms with Crippen LogP contribution in [0.5, 0.6) is 5.75 Å². The summed E-state index contributed by atoms with van der Waals surface area (Å²) >= 11 is 0. The molecular weight excluding hydrogens is 272 g/mol. The van der Waals surface area contributed by atoms with Gasteiger partial charge in [-0.05, 0) is 43.2 Å². The molecule has 112 valence electrons. The number of phenols is 1. The molecule has 0 atom stereocenters. The van der Waals surface area contributed by atoms with Crippen molar-refractivity contribution in [3.8, 4) is 5.75 Å². The van der Waals surface area contributed by atoms with Crippen molar-refractivity contribution >= 4 is 11.9 Å². The zero-order chi connectivity index (χ0) is 16.0. The van der Waals surface area contributed by atoms with Gasteiger partial charge >= 0.3 is 11.9 Å². The highest BCUT2D eigenvalue weighted by atomic mass is 16.5. The highest BCUT2D eigenvalue weighted by Gasteiger charge is 2.20. The SMILES string of the molecule is C=C(C)COC(=O)c1ccc(O)cc1C(=O)OCC(=C)C. The van der Waals surface area contributed by atoms with Gasteiger partial charge in [-0.2, -0.15) is 0 Å². The van der Waals surface area contributed by atoms with Crippen molar-refractivity contribution in [3.63, 3.8) is 0 Å². The summed E-state index contributed by atoms with van der Waals surface area (Å²) in [6.07, 6.45) is 0. The first-order chi connectivity index (χ1) is 9.81. The second-order valence-electron chi connectivity index (χ2n) is 4.80. The molecule has 0 aliphatic rings. The third-order valence-electron chi connectivity index (χ3n) is 2.34. The fraction of sp³-hybridized carbons (Fsp3) is 0.250. The lowest BCUT2D eigenvalue weighted by Gasteiger charge is -2.10. The quantitative estimate of drug-likeness (QED) is 0.644. The van der Waals surface area contributed by atoms with Crippen molar-refractivity contribution in [2.45, 2.75) is 13.8 Å². The van der Waals surface area contributed by atoms with Crippen molar-refractivity contribution in [2.75, 3.05) is 13.2 Å². The van der Waals surface area contributed by atoms with E-state index in [9.17, 15) is 14.7 Å². The number of aromatic hydroxyl groups is 1. The molecule has 0 spiro atoms. The van der Waals surface area contributed by atoms with Crippen LogP contribution >= 0.6 is 0 Å². The molecule has 1 aromatic carbocycles. The lowest BCUT2D eigenvalue weighted by molar-refractivity contribution is 0.0493. The number of esters is 2. The maximum absolute atomic E-state index is 12.0. The summed E-state index contributed by atoms with van der Waals surface area (Å²) in [5, 5.41) is 9.47. The van der Waals surface area contributed by atoms with Gasteiger partial charge in [0.1, 0.15) is 19.0 Å². The lowest BCUT2D eigenvalue weighted by atomic mass is 10.1. The van der Waals surface area contributed by atoms with E-state index >= 15 is 0 Å². The molecule has 0 radical (unpaired) electrons. The Balaban J connectivity index is 2.98. The molecule has 0 saturated heterocycles. The minimum Gasteiger partial charge on any atom is -0.508 e. The predicted molar refractivity (Wildman–Crippen MR) is 78.3 cm³/mol. The molecular formula is C16H18O5. The van der Waals surface area contributed by atoms with Crippen molar-refractivity contribution in [1.82, 2.24) is 0 Å². The summed E-state index contributed by atoms with van der Waals surface area (Å²) in [5.41, 5.74) is 1.31. The zero-order valence-corrected chi connectivity index (χ0v) is 12.1. The second-order valence-corrected chi connectivity index (χ2v) is 4.80. The Morgan fingerprint density at radius 2 is 1.48 bits per heavy atom. The minimum absolute atomic E-state index is 0.0285. The van der Waals surface area contributed by atoms with Gasteiger partial charge in [-0.25, -0.2) is 9.59 Å². The van der Waals surface area contributed by atoms with Gasteiger partial charge < -0.3 is 14.6 Å². The average molecular weight is 290 g/mol. The summed E-state index contributed by atoms with van der Waals surface area (Å²) in [6, 6.07) is 3.78. The summed E-state index contributed by atoms with van der Waals surface area (Å²) in [4.78, 5) is 23.9. The van der Waals surface area contributed by atoms with Crippen LogP contribution in [0.15, 0.2) is 42.5 Å². The van der Waals surface area contributed by atoms with E-state index in [4.69, 9.17) is 9.47 Å². The molecule has 21 heavy (non-hydrogen) atoms. The van der Waals surface area contributed by atoms with Crippen LogP contribution in [-0.4, -0.2) is 30.3 Å². The number of phenolic OH excluding ortho intramolecular Hbond substituents is 1. The topological polar surface area (TPSA) is 72.8 Å². The first-order valence-corrected chi connectivity index (χ1v) is 6.27. The number of rotatable bonds is 6. The van der Waals surface area contributed by atoms with E-state index in [0.717, 1.165) is 6.07 Å². The van der Waals surface area contributed by atoms with Gasteiger partial charge in [0.15, 0.2) is 0 Å². The van der Waals surface area contributed by atoms with Crippen LogP contribution in [0.1, 0.15) is 34.6 Å². The first-order valence-electron chi connectivity index (χ1n) is 6.27. The highest BCUT2D eigenvalue weighted by Crippen LogP contribution is 2.19. The number of benzene rings is 1. The van der Waals surface area contributed by atoms with E-state index in [1.165, 1.54) is 12.1 Å². The van der Waals surface area contributed by atoms with Gasteiger partial charge in [0.2, 0.25) is 0 Å². The van der Waals surface area contributed by atoms with Gasteiger partial charge in [0, 0.05) is 0 Å². The smallest absolute Gasteiger partial charge is 0.339 e. The van der Waals surface area contributed by atoms with E-state index in [1.807, 2.05) is 0 Å². The Hall–Kier alpha value is -2.56. The van der Waals surface area contributed by atoms with Crippen LogP contribution in [0.2, 0.25) is 0 Å². The van der Waals surface area contributed by atoms with E-state index in [1.54, 1.807) is 13.8 Å². The number of ether oxygens (including phenoxy) is 2. The van der Waals surface area contributed by atoms with Gasteiger partial charge in [-0.3, -0.25) is 0 Å². The maximum atomic E-state index is 12.0. The van der Waals surface area contributed by atoms with Crippen molar-refractivity contribution in [1.29, 1.82) is 0 Å². The molecule has 0 fully saturated rings. The minimum atomic E-state index is -0.726. The molecule has 0 saturated carbocycles. The summed E-state index contributed by atoms with van der Waals surface area (Å²) in [7, 11) is 0. The third-order valence-corrected chi connectivity index (χ3v) is 2.34. The van der Waals surface area contributed by atoms with E-state index in [-0.39, 0.29) is 30.1 Å². The Morgan fingerprint density at radius 3 is 1.95 bits per heavy atom. The van der Waals surface area contributed by atoms with Crippen LogP contribution in [0.25, 0.3) is 0 Å². The van der Waals surface area contributed by atoms with Crippen molar-refractivity contribution < 1.29 is 24.2 Å². The molecule has 5 heteroatoms. The molecule has 5 nitrogen and oxygen atoms in total. The van der Waals surface area contributed by atoms with Crippen LogP contribution in [0.3, 0.4) is 0 Å². The molecule has 0 unspecified atom stereocenters. The van der Waals surface area contributed by atoms with Crippen LogP contribution in [0, 0.1) is 0 Å². The molecule has 1 rings (SSSR count). The number of carbonyl (C=O) groups excluding carboxylic acids is 2. The molecule has 0 aromatic heterocycles. The highest BCUT2D eigenvalue weighted by molar-refractivity contribution is 6.03. The number of hydrogen-bond acceptors (Lipinski definition) is 5. The largest absolute Gasteiger partial charge is 0.508 e. The van der Waals surface area contributed by atoms with E-state index < -0.39 is 11.9 Å². The van der Waals surface area contributed by atoms with Crippen LogP contribution in [-0.2, 0) is 9.47 Å². The molecule has 0 aliphatic heterocycles. The Morgan fingerprint density at radius 1 is 1.00 bits per heavy atom. The fourth-order valence-electron chi connectivity index (χ4n) is 1.41. The Bertz CT molecular complexity index is 586. The van der Waals surface area contributed by atoms with Gasteiger partial charge in [-0.1, -0.05) is 13.2 Å². The lowest BCUT2D eigenvalue weighted by Crippen LogP contribution is -2.15. The molecule has 0 aliphatic carbocycles. The first kappa shape index (κ1) is 16.5. The number of hydrogen-bond donors (Lipinski definition) is 1. The van der Waals surface area contributed by atoms with Gasteiger partial charge in [0.05, 0.1) is 11.1 Å². The Kier molecular flexibility index (Phi) is 5.72. The molecule has 1 N–H and O–H groups in total. The standard InChI is InChI=1S/C16H18O5/c1-10(2)8-20-15(18)13-6-5-12(17)7-14(13)16(19)21-9-11(3)4/h5-7,17H,1,3,8-9H2,2,4H3.